The predicted molar refractivity (Wildman–Crippen MR) is 236 cm³/mol. The number of aliphatic hydroxyl groups excluding tert-OH is 7. The number of aliphatic hydroxyl groups is 7. The van der Waals surface area contributed by atoms with Crippen LogP contribution in [0.1, 0.15) is 102 Å². The van der Waals surface area contributed by atoms with Crippen LogP contribution in [0.2, 0.25) is 0 Å². The van der Waals surface area contributed by atoms with Crippen LogP contribution in [0, 0.1) is 46.3 Å². The van der Waals surface area contributed by atoms with Gasteiger partial charge < -0.3 is 78.4 Å². The molecular weight excluding hydrogens is 893 g/mol. The average Bonchev–Trinajstić information content (AvgIpc) is 4.08. The van der Waals surface area contributed by atoms with Crippen LogP contribution in [0.4, 0.5) is 0 Å². The third kappa shape index (κ3) is 8.41. The third-order valence-corrected chi connectivity index (χ3v) is 19.1. The first-order valence-corrected chi connectivity index (χ1v) is 25.7. The number of allylic oxidation sites excluding steroid dienone is 1. The fraction of sp³-hybridized carbons (Fsp3) is 0.857. The smallest absolute Gasteiger partial charge is 0.348 e. The largest absolute Gasteiger partial charge is 0.459 e. The molecule has 7 N–H and O–H groups in total. The van der Waals surface area contributed by atoms with Gasteiger partial charge in [0.05, 0.1) is 31.5 Å². The second kappa shape index (κ2) is 18.7. The highest BCUT2D eigenvalue weighted by Crippen LogP contribution is 2.70. The number of ether oxygens (including phenoxy) is 9. The standard InChI is InChI=1S/C49H72O17S/c1-22-10-15-49(59-20-22)23(2)34-30(66-49)18-29-27-9-8-25-17-26(11-13-47(25,4)28(27)12-14-48(29,34)5)61-46-42(65-44-39(55)37(53)35(51)24(3)60-44)40(56)41(31(19-50)62-46)64-45-38(54)36(52)32(63-45)21-58-43(57)33-7-6-16-67-33/h6-8,16,22-24,26-32,34-42,44-46,50-56H,9-15,17-21H2,1-5H3/t22-,23?,24+,26+,27?,28?,29?,30?,31-,32+,34?,35+,36+,37-,38-,39-,40+,41-,42-,44?,45?,46-,47+,48+,49-/m1/s1. The van der Waals surface area contributed by atoms with Crippen molar-refractivity contribution in [2.24, 2.45) is 46.3 Å². The summed E-state index contributed by atoms with van der Waals surface area (Å²) in [6.45, 7) is 10.8. The number of esters is 1. The van der Waals surface area contributed by atoms with Gasteiger partial charge in [0.15, 0.2) is 24.7 Å². The van der Waals surface area contributed by atoms with E-state index >= 15 is 0 Å². The molecule has 10 rings (SSSR count). The van der Waals surface area contributed by atoms with E-state index in [2.05, 4.69) is 33.8 Å². The molecule has 6 heterocycles. The quantitative estimate of drug-likeness (QED) is 0.132. The first-order chi connectivity index (χ1) is 32.0. The van der Waals surface area contributed by atoms with Crippen LogP contribution in [0.25, 0.3) is 0 Å². The van der Waals surface area contributed by atoms with Crippen molar-refractivity contribution in [2.75, 3.05) is 19.8 Å². The summed E-state index contributed by atoms with van der Waals surface area (Å²) in [5.41, 5.74) is 1.49. The van der Waals surface area contributed by atoms with Gasteiger partial charge >= 0.3 is 5.97 Å². The van der Waals surface area contributed by atoms with E-state index in [1.165, 1.54) is 23.8 Å². The Balaban J connectivity index is 0.835. The highest BCUT2D eigenvalue weighted by atomic mass is 32.1. The van der Waals surface area contributed by atoms with Gasteiger partial charge in [-0.3, -0.25) is 0 Å². The molecule has 1 aromatic heterocycles. The van der Waals surface area contributed by atoms with Gasteiger partial charge in [0.25, 0.3) is 0 Å². The van der Waals surface area contributed by atoms with Gasteiger partial charge in [-0.2, -0.15) is 0 Å². The summed E-state index contributed by atoms with van der Waals surface area (Å²) in [5, 5.41) is 78.5. The zero-order valence-electron chi connectivity index (χ0n) is 39.1. The molecule has 5 aliphatic heterocycles. The summed E-state index contributed by atoms with van der Waals surface area (Å²) in [6, 6.07) is 3.28. The second-order valence-corrected chi connectivity index (χ2v) is 22.9. The van der Waals surface area contributed by atoms with Gasteiger partial charge in [-0.15, -0.1) is 11.3 Å². The first kappa shape index (κ1) is 48.9. The van der Waals surface area contributed by atoms with Crippen LogP contribution >= 0.6 is 11.3 Å². The van der Waals surface area contributed by atoms with Crippen molar-refractivity contribution in [3.8, 4) is 0 Å². The Morgan fingerprint density at radius 3 is 2.28 bits per heavy atom. The second-order valence-electron chi connectivity index (χ2n) is 22.0. The zero-order valence-corrected chi connectivity index (χ0v) is 39.9. The maximum Gasteiger partial charge on any atom is 0.348 e. The van der Waals surface area contributed by atoms with Crippen molar-refractivity contribution in [3.05, 3.63) is 34.0 Å². The molecule has 3 saturated carbocycles. The number of fused-ring (bicyclic) bond motifs is 7. The number of thiophene rings is 1. The molecule has 8 unspecified atom stereocenters. The summed E-state index contributed by atoms with van der Waals surface area (Å²) >= 11 is 1.18. The van der Waals surface area contributed by atoms with Crippen molar-refractivity contribution in [3.63, 3.8) is 0 Å². The fourth-order valence-corrected chi connectivity index (χ4v) is 15.1. The molecule has 25 atom stereocenters. The minimum absolute atomic E-state index is 0.0342. The van der Waals surface area contributed by atoms with E-state index < -0.39 is 111 Å². The fourth-order valence-electron chi connectivity index (χ4n) is 14.4. The molecule has 17 nitrogen and oxygen atoms in total. The summed E-state index contributed by atoms with van der Waals surface area (Å²) in [6.07, 6.45) is -9.52. The minimum atomic E-state index is -1.73. The Hall–Kier alpha value is -1.69. The van der Waals surface area contributed by atoms with E-state index in [0.717, 1.165) is 51.6 Å². The Kier molecular flexibility index (Phi) is 13.7. The van der Waals surface area contributed by atoms with Crippen molar-refractivity contribution in [1.82, 2.24) is 0 Å². The molecule has 18 heteroatoms. The summed E-state index contributed by atoms with van der Waals surface area (Å²) in [5.74, 6) is 1.94. The zero-order chi connectivity index (χ0) is 47.3. The van der Waals surface area contributed by atoms with Crippen molar-refractivity contribution in [1.29, 1.82) is 0 Å². The topological polar surface area (TPSA) is 242 Å². The molecule has 376 valence electrons. The molecule has 0 aromatic carbocycles. The molecule has 8 fully saturated rings. The Morgan fingerprint density at radius 1 is 0.806 bits per heavy atom. The SMILES string of the molecule is CC1C2C(CC3C4CC=C5C[C@@H](O[C@@H]6O[C@H](CO)[C@@H](OC7O[C@@H](COC(=O)c8cccs8)[C@H](O)[C@H]7O)[C@H](O)[C@H]6OC6O[C@@H](C)[C@H](O)[C@@H](O)[C@H]6O)CC[C@]5(C)C4CC[C@@]32C)O[C@]12CC[C@@H](C)CO2. The van der Waals surface area contributed by atoms with Gasteiger partial charge in [-0.25, -0.2) is 4.79 Å². The van der Waals surface area contributed by atoms with E-state index in [4.69, 9.17) is 42.6 Å². The lowest BCUT2D eigenvalue weighted by Crippen LogP contribution is -2.65. The van der Waals surface area contributed by atoms with Crippen LogP contribution in [0.3, 0.4) is 0 Å². The van der Waals surface area contributed by atoms with Gasteiger partial charge in [-0.1, -0.05) is 45.4 Å². The van der Waals surface area contributed by atoms with E-state index in [0.29, 0.717) is 53.2 Å². The molecule has 4 aliphatic carbocycles. The number of hydrogen-bond donors (Lipinski definition) is 7. The van der Waals surface area contributed by atoms with E-state index in [-0.39, 0.29) is 23.0 Å². The number of rotatable bonds is 10. The molecular formula is C49H72O17S. The number of carbonyl (C=O) groups excluding carboxylic acids is 1. The molecule has 67 heavy (non-hydrogen) atoms. The molecule has 1 aromatic rings. The van der Waals surface area contributed by atoms with Crippen LogP contribution in [-0.2, 0) is 42.6 Å². The third-order valence-electron chi connectivity index (χ3n) is 18.3. The van der Waals surface area contributed by atoms with Crippen molar-refractivity contribution >= 4 is 17.3 Å². The minimum Gasteiger partial charge on any atom is -0.459 e. The van der Waals surface area contributed by atoms with Gasteiger partial charge in [0, 0.05) is 12.3 Å². The highest BCUT2D eigenvalue weighted by Gasteiger charge is 2.69. The molecule has 9 aliphatic rings. The summed E-state index contributed by atoms with van der Waals surface area (Å²) in [4.78, 5) is 12.8. The number of hydrogen-bond acceptors (Lipinski definition) is 18. The molecule has 5 saturated heterocycles. The van der Waals surface area contributed by atoms with Crippen molar-refractivity contribution in [2.45, 2.75) is 196 Å². The van der Waals surface area contributed by atoms with Gasteiger partial charge in [0.2, 0.25) is 0 Å². The molecule has 0 bridgehead atoms. The van der Waals surface area contributed by atoms with Crippen LogP contribution in [-0.4, -0.2) is 166 Å². The molecule has 1 spiro atoms. The van der Waals surface area contributed by atoms with Gasteiger partial charge in [0.1, 0.15) is 72.5 Å². The lowest BCUT2D eigenvalue weighted by atomic mass is 9.47. The monoisotopic (exact) mass is 964 g/mol. The lowest BCUT2D eigenvalue weighted by molar-refractivity contribution is -0.380. The molecule has 0 amide bonds. The molecule has 0 radical (unpaired) electrons. The summed E-state index contributed by atoms with van der Waals surface area (Å²) < 4.78 is 55.9. The first-order valence-electron chi connectivity index (χ1n) is 24.8. The van der Waals surface area contributed by atoms with E-state index in [9.17, 15) is 40.5 Å². The Labute approximate surface area is 395 Å². The summed E-state index contributed by atoms with van der Waals surface area (Å²) in [7, 11) is 0. The maximum atomic E-state index is 12.5. The van der Waals surface area contributed by atoms with Gasteiger partial charge in [-0.05, 0) is 110 Å². The average molecular weight is 965 g/mol. The number of carbonyl (C=O) groups is 1. The van der Waals surface area contributed by atoms with E-state index in [1.54, 1.807) is 17.5 Å². The van der Waals surface area contributed by atoms with Crippen LogP contribution < -0.4 is 0 Å². The highest BCUT2D eigenvalue weighted by molar-refractivity contribution is 7.11. The van der Waals surface area contributed by atoms with Crippen molar-refractivity contribution < 1.29 is 83.2 Å². The maximum absolute atomic E-state index is 12.5. The van der Waals surface area contributed by atoms with Crippen LogP contribution in [0.15, 0.2) is 29.2 Å². The predicted octanol–water partition coefficient (Wildman–Crippen LogP) is 2.78. The normalized spacial score (nSPS) is 52.8. The lowest BCUT2D eigenvalue weighted by Gasteiger charge is -2.58. The Bertz CT molecular complexity index is 1930. The van der Waals surface area contributed by atoms with Crippen LogP contribution in [0.5, 0.6) is 0 Å². The van der Waals surface area contributed by atoms with E-state index in [1.807, 2.05) is 0 Å². The Morgan fingerprint density at radius 2 is 1.55 bits per heavy atom.